The van der Waals surface area contributed by atoms with E-state index in [2.05, 4.69) is 5.32 Å². The third-order valence-electron chi connectivity index (χ3n) is 5.25. The summed E-state index contributed by atoms with van der Waals surface area (Å²) in [6.45, 7) is 1.97. The molecule has 7 nitrogen and oxygen atoms in total. The van der Waals surface area contributed by atoms with E-state index in [1.165, 1.54) is 7.11 Å². The number of benzene rings is 1. The Morgan fingerprint density at radius 3 is 2.73 bits per heavy atom. The molecule has 1 amide bonds. The minimum Gasteiger partial charge on any atom is -0.468 e. The molecule has 26 heavy (non-hydrogen) atoms. The minimum absolute atomic E-state index is 0.136. The zero-order valence-electron chi connectivity index (χ0n) is 14.5. The Hall–Kier alpha value is -2.83. The van der Waals surface area contributed by atoms with Gasteiger partial charge in [0.15, 0.2) is 17.3 Å². The topological polar surface area (TPSA) is 90.9 Å². The quantitative estimate of drug-likeness (QED) is 0.640. The lowest BCUT2D eigenvalue weighted by Crippen LogP contribution is -2.44. The molecule has 4 rings (SSSR count). The summed E-state index contributed by atoms with van der Waals surface area (Å²) in [6, 6.07) is 5.41. The van der Waals surface area contributed by atoms with Gasteiger partial charge >= 0.3 is 5.97 Å². The Kier molecular flexibility index (Phi) is 3.94. The molecule has 136 valence electrons. The van der Waals surface area contributed by atoms with E-state index in [0.717, 1.165) is 5.56 Å². The van der Waals surface area contributed by atoms with Gasteiger partial charge in [-0.1, -0.05) is 13.0 Å². The molecule has 1 aliphatic carbocycles. The number of fused-ring (bicyclic) bond motifs is 1. The zero-order chi connectivity index (χ0) is 18.4. The number of esters is 1. The van der Waals surface area contributed by atoms with Crippen LogP contribution in [0.4, 0.5) is 0 Å². The minimum atomic E-state index is -0.842. The molecule has 1 aromatic rings. The van der Waals surface area contributed by atoms with Crippen molar-refractivity contribution in [3.63, 3.8) is 0 Å². The first-order valence-corrected chi connectivity index (χ1v) is 8.54. The second kappa shape index (κ2) is 6.16. The van der Waals surface area contributed by atoms with E-state index in [-0.39, 0.29) is 30.8 Å². The molecule has 1 N–H and O–H groups in total. The molecule has 0 saturated heterocycles. The maximum Gasteiger partial charge on any atom is 0.316 e. The van der Waals surface area contributed by atoms with Crippen molar-refractivity contribution in [1.29, 1.82) is 0 Å². The smallest absolute Gasteiger partial charge is 0.316 e. The van der Waals surface area contributed by atoms with Crippen LogP contribution in [0.1, 0.15) is 31.2 Å². The molecular formula is C19H19NO6. The average molecular weight is 357 g/mol. The van der Waals surface area contributed by atoms with E-state index in [1.54, 1.807) is 12.1 Å². The van der Waals surface area contributed by atoms with Crippen molar-refractivity contribution in [3.05, 3.63) is 35.0 Å². The average Bonchev–Trinajstić information content (AvgIpc) is 3.08. The molecule has 0 radical (unpaired) electrons. The van der Waals surface area contributed by atoms with Gasteiger partial charge in [0.25, 0.3) is 0 Å². The number of methoxy groups -OCH3 is 1. The van der Waals surface area contributed by atoms with Gasteiger partial charge in [0.1, 0.15) is 5.92 Å². The second-order valence-electron chi connectivity index (χ2n) is 6.86. The van der Waals surface area contributed by atoms with Gasteiger partial charge in [0.2, 0.25) is 12.7 Å². The van der Waals surface area contributed by atoms with E-state index in [9.17, 15) is 14.4 Å². The predicted octanol–water partition coefficient (Wildman–Crippen LogP) is 1.67. The van der Waals surface area contributed by atoms with Crippen molar-refractivity contribution in [2.45, 2.75) is 25.7 Å². The molecule has 7 heteroatoms. The third-order valence-corrected chi connectivity index (χ3v) is 5.25. The Bertz CT molecular complexity index is 842. The zero-order valence-corrected chi connectivity index (χ0v) is 14.5. The highest BCUT2D eigenvalue weighted by molar-refractivity contribution is 6.11. The number of nitrogens with one attached hydrogen (secondary N) is 1. The Morgan fingerprint density at radius 1 is 1.19 bits per heavy atom. The van der Waals surface area contributed by atoms with Crippen LogP contribution >= 0.6 is 0 Å². The van der Waals surface area contributed by atoms with Gasteiger partial charge in [0.05, 0.1) is 7.11 Å². The fourth-order valence-electron chi connectivity index (χ4n) is 4.01. The molecule has 0 fully saturated rings. The lowest BCUT2D eigenvalue weighted by atomic mass is 9.70. The first-order valence-electron chi connectivity index (χ1n) is 8.54. The number of ketones is 1. The Labute approximate surface area is 150 Å². The molecule has 0 aromatic heterocycles. The van der Waals surface area contributed by atoms with Crippen molar-refractivity contribution < 1.29 is 28.6 Å². The van der Waals surface area contributed by atoms with Crippen LogP contribution in [0.15, 0.2) is 29.5 Å². The van der Waals surface area contributed by atoms with Crippen molar-refractivity contribution in [3.8, 4) is 11.5 Å². The Balaban J connectivity index is 1.77. The van der Waals surface area contributed by atoms with Crippen LogP contribution in [-0.4, -0.2) is 31.6 Å². The van der Waals surface area contributed by atoms with E-state index < -0.39 is 17.8 Å². The summed E-state index contributed by atoms with van der Waals surface area (Å²) in [4.78, 5) is 37.5. The summed E-state index contributed by atoms with van der Waals surface area (Å²) in [5, 5.41) is 2.82. The summed E-state index contributed by atoms with van der Waals surface area (Å²) < 4.78 is 15.6. The monoisotopic (exact) mass is 357 g/mol. The molecule has 0 spiro atoms. The SMILES string of the molecule is COC(=O)[C@H]1C(=O)C2=C(C[C@H]1C)NC(=O)C[C@@H]2c1ccc2c(c1)OCO2. The number of hydrogen-bond acceptors (Lipinski definition) is 6. The first kappa shape index (κ1) is 16.6. The summed E-state index contributed by atoms with van der Waals surface area (Å²) in [7, 11) is 1.28. The van der Waals surface area contributed by atoms with Gasteiger partial charge in [0, 0.05) is 23.6 Å². The highest BCUT2D eigenvalue weighted by Crippen LogP contribution is 2.44. The molecule has 3 atom stereocenters. The lowest BCUT2D eigenvalue weighted by molar-refractivity contribution is -0.151. The number of Topliss-reactive ketones (excluding diaryl/α,β-unsaturated/α-hetero) is 1. The number of amides is 1. The van der Waals surface area contributed by atoms with Gasteiger partial charge in [-0.25, -0.2) is 0 Å². The Morgan fingerprint density at radius 2 is 1.96 bits per heavy atom. The van der Waals surface area contributed by atoms with E-state index >= 15 is 0 Å². The van der Waals surface area contributed by atoms with Crippen LogP contribution in [-0.2, 0) is 19.1 Å². The summed E-state index contributed by atoms with van der Waals surface area (Å²) >= 11 is 0. The van der Waals surface area contributed by atoms with Gasteiger partial charge in [-0.2, -0.15) is 0 Å². The standard InChI is InChI=1S/C19H19NO6/c1-9-5-12-17(18(22)16(9)19(23)24-2)11(7-15(21)20-12)10-3-4-13-14(6-10)26-8-25-13/h3-4,6,9,11,16H,5,7-8H2,1-2H3,(H,20,21)/t9-,11-,16-/m1/s1. The fourth-order valence-corrected chi connectivity index (χ4v) is 4.01. The predicted molar refractivity (Wildman–Crippen MR) is 89.4 cm³/mol. The number of hydrogen-bond donors (Lipinski definition) is 1. The maximum absolute atomic E-state index is 13.1. The van der Waals surface area contributed by atoms with Gasteiger partial charge in [-0.3, -0.25) is 14.4 Å². The summed E-state index contributed by atoms with van der Waals surface area (Å²) in [6.07, 6.45) is 0.597. The fraction of sp³-hybridized carbons (Fsp3) is 0.421. The van der Waals surface area contributed by atoms with E-state index in [1.807, 2.05) is 13.0 Å². The van der Waals surface area contributed by atoms with Crippen LogP contribution in [0, 0.1) is 11.8 Å². The van der Waals surface area contributed by atoms with Crippen molar-refractivity contribution in [2.75, 3.05) is 13.9 Å². The number of carbonyl (C=O) groups is 3. The summed E-state index contributed by atoms with van der Waals surface area (Å²) in [5.41, 5.74) is 1.90. The second-order valence-corrected chi connectivity index (χ2v) is 6.86. The van der Waals surface area contributed by atoms with E-state index in [0.29, 0.717) is 29.2 Å². The van der Waals surface area contributed by atoms with Crippen molar-refractivity contribution >= 4 is 17.7 Å². The van der Waals surface area contributed by atoms with Crippen LogP contribution in [0.3, 0.4) is 0 Å². The van der Waals surface area contributed by atoms with Gasteiger partial charge < -0.3 is 19.5 Å². The first-order chi connectivity index (χ1) is 12.5. The van der Waals surface area contributed by atoms with Crippen LogP contribution in [0.5, 0.6) is 11.5 Å². The normalized spacial score (nSPS) is 27.1. The van der Waals surface area contributed by atoms with Gasteiger partial charge in [-0.05, 0) is 30.0 Å². The molecule has 0 saturated carbocycles. The maximum atomic E-state index is 13.1. The highest BCUT2D eigenvalue weighted by Gasteiger charge is 2.45. The number of carbonyl (C=O) groups excluding carboxylic acids is 3. The largest absolute Gasteiger partial charge is 0.468 e. The van der Waals surface area contributed by atoms with E-state index in [4.69, 9.17) is 14.2 Å². The highest BCUT2D eigenvalue weighted by atomic mass is 16.7. The summed E-state index contributed by atoms with van der Waals surface area (Å²) in [5.74, 6) is -1.20. The van der Waals surface area contributed by atoms with Crippen LogP contribution in [0.25, 0.3) is 0 Å². The number of ether oxygens (including phenoxy) is 3. The third kappa shape index (κ3) is 2.55. The molecule has 0 unspecified atom stereocenters. The molecule has 2 heterocycles. The van der Waals surface area contributed by atoms with Crippen molar-refractivity contribution in [1.82, 2.24) is 5.32 Å². The van der Waals surface area contributed by atoms with Gasteiger partial charge in [-0.15, -0.1) is 0 Å². The molecule has 1 aromatic carbocycles. The molecule has 3 aliphatic rings. The van der Waals surface area contributed by atoms with Crippen molar-refractivity contribution in [2.24, 2.45) is 11.8 Å². The number of rotatable bonds is 2. The lowest BCUT2D eigenvalue weighted by Gasteiger charge is -2.36. The van der Waals surface area contributed by atoms with Crippen LogP contribution in [0.2, 0.25) is 0 Å². The van der Waals surface area contributed by atoms with Crippen LogP contribution < -0.4 is 14.8 Å². The molecular weight excluding hydrogens is 338 g/mol. The molecule has 2 aliphatic heterocycles. The molecule has 0 bridgehead atoms. The number of allylic oxidation sites excluding steroid dienone is 2.